The number of carbonyl (C=O) groups is 1. The molecule has 0 aliphatic rings. The highest BCUT2D eigenvalue weighted by atomic mass is 35.5. The van der Waals surface area contributed by atoms with Gasteiger partial charge < -0.3 is 15.9 Å². The maximum absolute atomic E-state index is 12.2. The Balaban J connectivity index is 1.55. The SMILES string of the molecule is CC(C)(C)c1nnc(SCC(=O)Nc2ccc(Oc3ccccc3Cl)cc2)n1N. The molecule has 9 heteroatoms. The molecule has 0 spiro atoms. The smallest absolute Gasteiger partial charge is 0.234 e. The molecule has 1 heterocycles. The molecular formula is C20H22ClN5O2S. The van der Waals surface area contributed by atoms with Crippen LogP contribution in [0.4, 0.5) is 5.69 Å². The van der Waals surface area contributed by atoms with E-state index in [1.54, 1.807) is 36.4 Å². The van der Waals surface area contributed by atoms with E-state index in [0.29, 0.717) is 33.2 Å². The van der Waals surface area contributed by atoms with Crippen LogP contribution in [0.5, 0.6) is 11.5 Å². The second-order valence-corrected chi connectivity index (χ2v) is 8.67. The molecule has 29 heavy (non-hydrogen) atoms. The molecular weight excluding hydrogens is 410 g/mol. The molecule has 0 aliphatic carbocycles. The highest BCUT2D eigenvalue weighted by Gasteiger charge is 2.23. The third kappa shape index (κ3) is 5.42. The maximum atomic E-state index is 12.2. The van der Waals surface area contributed by atoms with E-state index in [-0.39, 0.29) is 17.1 Å². The average molecular weight is 432 g/mol. The summed E-state index contributed by atoms with van der Waals surface area (Å²) < 4.78 is 7.17. The summed E-state index contributed by atoms with van der Waals surface area (Å²) in [6, 6.07) is 14.3. The zero-order chi connectivity index (χ0) is 21.0. The van der Waals surface area contributed by atoms with E-state index in [4.69, 9.17) is 22.2 Å². The van der Waals surface area contributed by atoms with Gasteiger partial charge in [-0.3, -0.25) is 4.79 Å². The van der Waals surface area contributed by atoms with Gasteiger partial charge in [-0.1, -0.05) is 56.3 Å². The Morgan fingerprint density at radius 1 is 1.17 bits per heavy atom. The monoisotopic (exact) mass is 431 g/mol. The number of hydrogen-bond donors (Lipinski definition) is 2. The summed E-state index contributed by atoms with van der Waals surface area (Å²) in [5, 5.41) is 12.0. The van der Waals surface area contributed by atoms with Crippen molar-refractivity contribution in [3.63, 3.8) is 0 Å². The maximum Gasteiger partial charge on any atom is 0.234 e. The second-order valence-electron chi connectivity index (χ2n) is 7.32. The number of nitrogen functional groups attached to an aromatic ring is 1. The van der Waals surface area contributed by atoms with Gasteiger partial charge in [-0.25, -0.2) is 4.68 Å². The number of hydrogen-bond acceptors (Lipinski definition) is 6. The Morgan fingerprint density at radius 2 is 1.86 bits per heavy atom. The number of benzene rings is 2. The molecule has 2 aromatic carbocycles. The van der Waals surface area contributed by atoms with Crippen molar-refractivity contribution in [2.45, 2.75) is 31.3 Å². The number of nitrogens with one attached hydrogen (secondary N) is 1. The highest BCUT2D eigenvalue weighted by molar-refractivity contribution is 7.99. The standard InChI is InChI=1S/C20H22ClN5O2S/c1-20(2,3)18-24-25-19(26(18)22)29-12-17(27)23-13-8-10-14(11-9-13)28-16-7-5-4-6-15(16)21/h4-11H,12,22H2,1-3H3,(H,23,27). The summed E-state index contributed by atoms with van der Waals surface area (Å²) in [5.74, 6) is 7.88. The number of ether oxygens (including phenoxy) is 1. The van der Waals surface area contributed by atoms with Gasteiger partial charge in [-0.05, 0) is 36.4 Å². The number of anilines is 1. The Morgan fingerprint density at radius 3 is 2.48 bits per heavy atom. The van der Waals surface area contributed by atoms with E-state index in [2.05, 4.69) is 15.5 Å². The Labute approximate surface area is 178 Å². The van der Waals surface area contributed by atoms with E-state index in [1.165, 1.54) is 16.4 Å². The molecule has 0 radical (unpaired) electrons. The van der Waals surface area contributed by atoms with Crippen molar-refractivity contribution in [1.82, 2.24) is 14.9 Å². The molecule has 0 unspecified atom stereocenters. The average Bonchev–Trinajstić information content (AvgIpc) is 3.04. The summed E-state index contributed by atoms with van der Waals surface area (Å²) in [6.07, 6.45) is 0. The van der Waals surface area contributed by atoms with E-state index in [9.17, 15) is 4.79 Å². The Kier molecular flexibility index (Phi) is 6.34. The minimum Gasteiger partial charge on any atom is -0.456 e. The third-order valence-corrected chi connectivity index (χ3v) is 5.13. The van der Waals surface area contributed by atoms with Gasteiger partial charge in [0.2, 0.25) is 11.1 Å². The molecule has 3 N–H and O–H groups in total. The molecule has 152 valence electrons. The lowest BCUT2D eigenvalue weighted by Crippen LogP contribution is -2.24. The van der Waals surface area contributed by atoms with Gasteiger partial charge in [-0.2, -0.15) is 0 Å². The lowest BCUT2D eigenvalue weighted by Gasteiger charge is -2.16. The van der Waals surface area contributed by atoms with Crippen molar-refractivity contribution >= 4 is 35.0 Å². The number of aromatic nitrogens is 3. The fourth-order valence-electron chi connectivity index (χ4n) is 2.47. The Hall–Kier alpha value is -2.71. The van der Waals surface area contributed by atoms with E-state index < -0.39 is 0 Å². The summed E-state index contributed by atoms with van der Waals surface area (Å²) >= 11 is 7.32. The minimum atomic E-state index is -0.226. The van der Waals surface area contributed by atoms with Crippen LogP contribution in [0.15, 0.2) is 53.7 Å². The topological polar surface area (TPSA) is 95.1 Å². The van der Waals surface area contributed by atoms with Crippen LogP contribution < -0.4 is 15.9 Å². The number of rotatable bonds is 6. The predicted octanol–water partition coefficient (Wildman–Crippen LogP) is 4.47. The number of amides is 1. The van der Waals surface area contributed by atoms with Crippen LogP contribution in [-0.4, -0.2) is 26.5 Å². The fourth-order valence-corrected chi connectivity index (χ4v) is 3.31. The van der Waals surface area contributed by atoms with E-state index in [1.807, 2.05) is 32.9 Å². The molecule has 3 rings (SSSR count). The molecule has 1 aromatic heterocycles. The first-order valence-corrected chi connectivity index (χ1v) is 10.3. The van der Waals surface area contributed by atoms with Crippen LogP contribution in [0.2, 0.25) is 5.02 Å². The minimum absolute atomic E-state index is 0.164. The predicted molar refractivity (Wildman–Crippen MR) is 116 cm³/mol. The second kappa shape index (κ2) is 8.75. The van der Waals surface area contributed by atoms with Gasteiger partial charge >= 0.3 is 0 Å². The molecule has 0 saturated carbocycles. The van der Waals surface area contributed by atoms with Crippen molar-refractivity contribution in [2.75, 3.05) is 16.9 Å². The normalized spacial score (nSPS) is 11.3. The summed E-state index contributed by atoms with van der Waals surface area (Å²) in [7, 11) is 0. The lowest BCUT2D eigenvalue weighted by molar-refractivity contribution is -0.113. The quantitative estimate of drug-likeness (QED) is 0.441. The van der Waals surface area contributed by atoms with E-state index in [0.717, 1.165) is 0 Å². The lowest BCUT2D eigenvalue weighted by atomic mass is 9.96. The van der Waals surface area contributed by atoms with Crippen molar-refractivity contribution in [3.8, 4) is 11.5 Å². The van der Waals surface area contributed by atoms with Crippen molar-refractivity contribution in [2.24, 2.45) is 0 Å². The van der Waals surface area contributed by atoms with Crippen molar-refractivity contribution in [3.05, 3.63) is 59.4 Å². The molecule has 1 amide bonds. The number of nitrogens with zero attached hydrogens (tertiary/aromatic N) is 3. The summed E-state index contributed by atoms with van der Waals surface area (Å²) in [5.41, 5.74) is 0.433. The van der Waals surface area contributed by atoms with Crippen molar-refractivity contribution < 1.29 is 9.53 Å². The summed E-state index contributed by atoms with van der Waals surface area (Å²) in [6.45, 7) is 6.00. The van der Waals surface area contributed by atoms with Gasteiger partial charge in [0.1, 0.15) is 11.5 Å². The van der Waals surface area contributed by atoms with Gasteiger partial charge in [0, 0.05) is 11.1 Å². The van der Waals surface area contributed by atoms with Gasteiger partial charge in [0.25, 0.3) is 0 Å². The third-order valence-electron chi connectivity index (χ3n) is 3.87. The van der Waals surface area contributed by atoms with Crippen LogP contribution in [0.1, 0.15) is 26.6 Å². The Bertz CT molecular complexity index is 999. The number of carbonyl (C=O) groups excluding carboxylic acids is 1. The number of para-hydroxylation sites is 1. The van der Waals surface area contributed by atoms with E-state index >= 15 is 0 Å². The first-order valence-electron chi connectivity index (χ1n) is 8.90. The molecule has 0 saturated heterocycles. The fraction of sp³-hybridized carbons (Fsp3) is 0.250. The molecule has 0 aliphatic heterocycles. The molecule has 0 bridgehead atoms. The van der Waals surface area contributed by atoms with Crippen LogP contribution in [0, 0.1) is 0 Å². The molecule has 0 atom stereocenters. The number of nitrogens with two attached hydrogens (primary N) is 1. The summed E-state index contributed by atoms with van der Waals surface area (Å²) in [4.78, 5) is 12.2. The van der Waals surface area contributed by atoms with Gasteiger partial charge in [-0.15, -0.1) is 10.2 Å². The van der Waals surface area contributed by atoms with Crippen LogP contribution >= 0.6 is 23.4 Å². The number of halogens is 1. The number of thioether (sulfide) groups is 1. The zero-order valence-corrected chi connectivity index (χ0v) is 17.9. The first kappa shape index (κ1) is 21.0. The first-order chi connectivity index (χ1) is 13.7. The van der Waals surface area contributed by atoms with Gasteiger partial charge in [0.15, 0.2) is 5.82 Å². The van der Waals surface area contributed by atoms with Gasteiger partial charge in [0.05, 0.1) is 10.8 Å². The molecule has 7 nitrogen and oxygen atoms in total. The molecule has 3 aromatic rings. The van der Waals surface area contributed by atoms with Crippen LogP contribution in [0.3, 0.4) is 0 Å². The highest BCUT2D eigenvalue weighted by Crippen LogP contribution is 2.29. The van der Waals surface area contributed by atoms with Crippen molar-refractivity contribution in [1.29, 1.82) is 0 Å². The largest absolute Gasteiger partial charge is 0.456 e. The molecule has 0 fully saturated rings. The van der Waals surface area contributed by atoms with Crippen LogP contribution in [0.25, 0.3) is 0 Å². The van der Waals surface area contributed by atoms with Crippen LogP contribution in [-0.2, 0) is 10.2 Å². The zero-order valence-electron chi connectivity index (χ0n) is 16.3.